The number of fused-ring (bicyclic) bond motifs is 1. The molecule has 0 saturated heterocycles. The van der Waals surface area contributed by atoms with Crippen molar-refractivity contribution in [2.75, 3.05) is 13.2 Å². The van der Waals surface area contributed by atoms with Gasteiger partial charge in [0, 0.05) is 16.9 Å². The maximum atomic E-state index is 12.4. The van der Waals surface area contributed by atoms with Gasteiger partial charge in [-0.1, -0.05) is 37.5 Å². The summed E-state index contributed by atoms with van der Waals surface area (Å²) in [5.41, 5.74) is 1.20. The molecule has 3 nitrogen and oxygen atoms in total. The van der Waals surface area contributed by atoms with E-state index in [0.29, 0.717) is 6.54 Å². The van der Waals surface area contributed by atoms with Gasteiger partial charge < -0.3 is 10.4 Å². The molecule has 1 fully saturated rings. The molecule has 1 aromatic carbocycles. The molecule has 1 amide bonds. The monoisotopic (exact) mass is 305 g/mol. The van der Waals surface area contributed by atoms with Gasteiger partial charge in [0.1, 0.15) is 0 Å². The second kappa shape index (κ2) is 6.41. The largest absolute Gasteiger partial charge is 0.396 e. The molecule has 0 aromatic heterocycles. The third-order valence-electron chi connectivity index (χ3n) is 4.83. The topological polar surface area (TPSA) is 49.3 Å². The Balaban J connectivity index is 1.55. The van der Waals surface area contributed by atoms with Crippen LogP contribution < -0.4 is 5.32 Å². The van der Waals surface area contributed by atoms with E-state index in [-0.39, 0.29) is 23.2 Å². The molecule has 4 heteroatoms. The van der Waals surface area contributed by atoms with E-state index < -0.39 is 0 Å². The van der Waals surface area contributed by atoms with E-state index in [1.54, 1.807) is 11.8 Å². The predicted molar refractivity (Wildman–Crippen MR) is 85.4 cm³/mol. The van der Waals surface area contributed by atoms with Gasteiger partial charge >= 0.3 is 0 Å². The number of aliphatic hydroxyl groups is 1. The summed E-state index contributed by atoms with van der Waals surface area (Å²) in [5.74, 6) is 0.120. The van der Waals surface area contributed by atoms with Crippen molar-refractivity contribution in [1.29, 1.82) is 0 Å². The average molecular weight is 305 g/mol. The van der Waals surface area contributed by atoms with Crippen molar-refractivity contribution in [2.24, 2.45) is 5.41 Å². The smallest absolute Gasteiger partial charge is 0.233 e. The number of hydrogen-bond acceptors (Lipinski definition) is 3. The van der Waals surface area contributed by atoms with Crippen molar-refractivity contribution < 1.29 is 9.90 Å². The fourth-order valence-electron chi connectivity index (χ4n) is 3.41. The molecule has 1 aliphatic carbocycles. The highest BCUT2D eigenvalue weighted by atomic mass is 32.2. The van der Waals surface area contributed by atoms with Crippen molar-refractivity contribution in [3.05, 3.63) is 29.8 Å². The van der Waals surface area contributed by atoms with Crippen LogP contribution in [0.2, 0.25) is 0 Å². The van der Waals surface area contributed by atoms with Crippen LogP contribution >= 0.6 is 11.8 Å². The molecule has 0 bridgehead atoms. The first-order chi connectivity index (χ1) is 10.2. The normalized spacial score (nSPS) is 23.6. The van der Waals surface area contributed by atoms with Gasteiger partial charge in [-0.3, -0.25) is 4.79 Å². The lowest BCUT2D eigenvalue weighted by atomic mass is 9.74. The van der Waals surface area contributed by atoms with Crippen LogP contribution in [-0.4, -0.2) is 29.4 Å². The van der Waals surface area contributed by atoms with Gasteiger partial charge in [-0.2, -0.15) is 0 Å². The summed E-state index contributed by atoms with van der Waals surface area (Å²) in [4.78, 5) is 13.6. The van der Waals surface area contributed by atoms with Crippen LogP contribution in [-0.2, 0) is 11.2 Å². The van der Waals surface area contributed by atoms with Crippen LogP contribution in [0.4, 0.5) is 0 Å². The number of hydrogen-bond donors (Lipinski definition) is 2. The zero-order chi connectivity index (χ0) is 14.7. The third kappa shape index (κ3) is 3.27. The molecule has 1 saturated carbocycles. The predicted octanol–water partition coefficient (Wildman–Crippen LogP) is 2.76. The summed E-state index contributed by atoms with van der Waals surface area (Å²) in [6, 6.07) is 8.24. The number of amides is 1. The summed E-state index contributed by atoms with van der Waals surface area (Å²) in [6.45, 7) is 0.807. The first kappa shape index (κ1) is 14.9. The van der Waals surface area contributed by atoms with E-state index in [1.165, 1.54) is 29.7 Å². The van der Waals surface area contributed by atoms with Crippen LogP contribution in [0.25, 0.3) is 0 Å². The van der Waals surface area contributed by atoms with Gasteiger partial charge in [0.2, 0.25) is 5.91 Å². The molecule has 0 spiro atoms. The summed E-state index contributed by atoms with van der Waals surface area (Å²) >= 11 is 1.66. The highest BCUT2D eigenvalue weighted by Gasteiger charge is 2.34. The first-order valence-electron chi connectivity index (χ1n) is 7.86. The third-order valence-corrected chi connectivity index (χ3v) is 6.14. The van der Waals surface area contributed by atoms with Crippen LogP contribution in [0.3, 0.4) is 0 Å². The average Bonchev–Trinajstić information content (AvgIpc) is 2.97. The Morgan fingerprint density at radius 2 is 2.05 bits per heavy atom. The van der Waals surface area contributed by atoms with Crippen molar-refractivity contribution >= 4 is 17.7 Å². The minimum absolute atomic E-state index is 0.0123. The van der Waals surface area contributed by atoms with E-state index in [1.807, 2.05) is 12.1 Å². The molecule has 3 rings (SSSR count). The second-order valence-corrected chi connectivity index (χ2v) is 7.60. The zero-order valence-corrected chi connectivity index (χ0v) is 13.1. The van der Waals surface area contributed by atoms with Gasteiger partial charge in [0.25, 0.3) is 0 Å². The Morgan fingerprint density at radius 1 is 1.29 bits per heavy atom. The standard InChI is InChI=1S/C17H23NO2S/c19-12-17(8-4-1-5-9-17)11-18-16(20)15-10-13-6-2-3-7-14(13)21-15/h2-3,6-7,15,19H,1,4-5,8-12H2,(H,18,20). The fraction of sp³-hybridized carbons (Fsp3) is 0.588. The molecule has 1 atom stereocenters. The Hall–Kier alpha value is -1.00. The number of aliphatic hydroxyl groups excluding tert-OH is 1. The number of thioether (sulfide) groups is 1. The molecular weight excluding hydrogens is 282 g/mol. The fourth-order valence-corrected chi connectivity index (χ4v) is 4.63. The minimum atomic E-state index is -0.0793. The van der Waals surface area contributed by atoms with E-state index in [0.717, 1.165) is 19.3 Å². The molecule has 0 radical (unpaired) electrons. The van der Waals surface area contributed by atoms with Crippen molar-refractivity contribution in [2.45, 2.75) is 48.7 Å². The van der Waals surface area contributed by atoms with Crippen LogP contribution in [0, 0.1) is 5.41 Å². The molecule has 1 aromatic rings. The van der Waals surface area contributed by atoms with E-state index in [2.05, 4.69) is 17.4 Å². The Morgan fingerprint density at radius 3 is 2.76 bits per heavy atom. The number of carbonyl (C=O) groups excluding carboxylic acids is 1. The molecule has 114 valence electrons. The van der Waals surface area contributed by atoms with Gasteiger partial charge in [0.15, 0.2) is 0 Å². The summed E-state index contributed by atoms with van der Waals surface area (Å²) in [6.07, 6.45) is 6.46. The Labute approximate surface area is 130 Å². The Kier molecular flexibility index (Phi) is 4.55. The lowest BCUT2D eigenvalue weighted by Crippen LogP contribution is -2.44. The lowest BCUT2D eigenvalue weighted by Gasteiger charge is -2.35. The van der Waals surface area contributed by atoms with Crippen molar-refractivity contribution in [3.8, 4) is 0 Å². The van der Waals surface area contributed by atoms with Crippen molar-refractivity contribution in [3.63, 3.8) is 0 Å². The molecule has 2 N–H and O–H groups in total. The molecule has 1 aliphatic heterocycles. The lowest BCUT2D eigenvalue weighted by molar-refractivity contribution is -0.121. The van der Waals surface area contributed by atoms with Crippen LogP contribution in [0.15, 0.2) is 29.2 Å². The highest BCUT2D eigenvalue weighted by molar-refractivity contribution is 8.01. The van der Waals surface area contributed by atoms with E-state index in [9.17, 15) is 9.90 Å². The molecular formula is C17H23NO2S. The van der Waals surface area contributed by atoms with Gasteiger partial charge in [-0.05, 0) is 30.9 Å². The SMILES string of the molecule is O=C(NCC1(CO)CCCCC1)C1Cc2ccccc2S1. The van der Waals surface area contributed by atoms with Crippen molar-refractivity contribution in [1.82, 2.24) is 5.32 Å². The van der Waals surface area contributed by atoms with E-state index >= 15 is 0 Å². The first-order valence-corrected chi connectivity index (χ1v) is 8.74. The minimum Gasteiger partial charge on any atom is -0.396 e. The van der Waals surface area contributed by atoms with Gasteiger partial charge in [-0.25, -0.2) is 0 Å². The maximum Gasteiger partial charge on any atom is 0.233 e. The summed E-state index contributed by atoms with van der Waals surface area (Å²) in [7, 11) is 0. The molecule has 21 heavy (non-hydrogen) atoms. The summed E-state index contributed by atoms with van der Waals surface area (Å²) in [5, 5.41) is 12.8. The molecule has 1 unspecified atom stereocenters. The van der Waals surface area contributed by atoms with Crippen LogP contribution in [0.5, 0.6) is 0 Å². The number of carbonyl (C=O) groups is 1. The second-order valence-electron chi connectivity index (χ2n) is 6.35. The maximum absolute atomic E-state index is 12.4. The zero-order valence-electron chi connectivity index (χ0n) is 12.3. The number of nitrogens with one attached hydrogen (secondary N) is 1. The number of rotatable bonds is 4. The quantitative estimate of drug-likeness (QED) is 0.899. The summed E-state index contributed by atoms with van der Waals surface area (Å²) < 4.78 is 0. The molecule has 1 heterocycles. The number of benzene rings is 1. The highest BCUT2D eigenvalue weighted by Crippen LogP contribution is 2.38. The van der Waals surface area contributed by atoms with Gasteiger partial charge in [-0.15, -0.1) is 11.8 Å². The van der Waals surface area contributed by atoms with E-state index in [4.69, 9.17) is 0 Å². The Bertz CT molecular complexity index is 486. The molecule has 2 aliphatic rings. The van der Waals surface area contributed by atoms with Crippen LogP contribution in [0.1, 0.15) is 37.7 Å². The van der Waals surface area contributed by atoms with Gasteiger partial charge in [0.05, 0.1) is 11.9 Å².